The number of amides is 2. The van der Waals surface area contributed by atoms with E-state index in [4.69, 9.17) is 11.6 Å². The fraction of sp³-hybridized carbons (Fsp3) is 0.444. The van der Waals surface area contributed by atoms with E-state index in [9.17, 15) is 9.59 Å². The van der Waals surface area contributed by atoms with Crippen molar-refractivity contribution in [2.75, 3.05) is 10.2 Å². The number of rotatable bonds is 3. The molecule has 0 saturated carbocycles. The molecule has 3 rings (SSSR count). The van der Waals surface area contributed by atoms with Crippen molar-refractivity contribution < 1.29 is 9.59 Å². The quantitative estimate of drug-likeness (QED) is 0.856. The van der Waals surface area contributed by atoms with Crippen LogP contribution in [0.15, 0.2) is 24.3 Å². The van der Waals surface area contributed by atoms with E-state index in [1.807, 2.05) is 20.8 Å². The Morgan fingerprint density at radius 3 is 2.58 bits per heavy atom. The predicted molar refractivity (Wildman–Crippen MR) is 104 cm³/mol. The van der Waals surface area contributed by atoms with E-state index in [2.05, 4.69) is 15.5 Å². The van der Waals surface area contributed by atoms with Gasteiger partial charge in [-0.25, -0.2) is 0 Å². The van der Waals surface area contributed by atoms with Gasteiger partial charge >= 0.3 is 0 Å². The number of carbonyl (C=O) groups excluding carboxylic acids is 2. The number of nitrogens with zero attached hydrogens (tertiary/aromatic N) is 3. The van der Waals surface area contributed by atoms with Crippen LogP contribution in [0.5, 0.6) is 0 Å². The zero-order chi connectivity index (χ0) is 18.9. The van der Waals surface area contributed by atoms with Gasteiger partial charge < -0.3 is 0 Å². The van der Waals surface area contributed by atoms with E-state index in [-0.39, 0.29) is 17.2 Å². The van der Waals surface area contributed by atoms with Crippen molar-refractivity contribution >= 4 is 45.6 Å². The lowest BCUT2D eigenvalue weighted by molar-refractivity contribution is -0.125. The average Bonchev–Trinajstić information content (AvgIpc) is 3.04. The Morgan fingerprint density at radius 1 is 1.27 bits per heavy atom. The molecule has 8 heteroatoms. The molecule has 1 aliphatic heterocycles. The van der Waals surface area contributed by atoms with Crippen molar-refractivity contribution in [3.63, 3.8) is 0 Å². The molecular weight excluding hydrogens is 372 g/mol. The van der Waals surface area contributed by atoms with Gasteiger partial charge in [-0.05, 0) is 37.1 Å². The van der Waals surface area contributed by atoms with Gasteiger partial charge in [0.05, 0.1) is 0 Å². The molecule has 0 bridgehead atoms. The lowest BCUT2D eigenvalue weighted by Gasteiger charge is -2.34. The van der Waals surface area contributed by atoms with Crippen LogP contribution < -0.4 is 10.2 Å². The minimum Gasteiger partial charge on any atom is -0.300 e. The molecule has 0 unspecified atom stereocenters. The van der Waals surface area contributed by atoms with Crippen molar-refractivity contribution in [2.45, 2.75) is 51.5 Å². The van der Waals surface area contributed by atoms with Gasteiger partial charge in [0.25, 0.3) is 0 Å². The molecule has 1 aliphatic rings. The van der Waals surface area contributed by atoms with Crippen LogP contribution in [0.3, 0.4) is 0 Å². The first-order chi connectivity index (χ1) is 12.3. The van der Waals surface area contributed by atoms with Crippen LogP contribution in [0.25, 0.3) is 0 Å². The van der Waals surface area contributed by atoms with Crippen LogP contribution in [0, 0.1) is 0 Å². The Hall–Kier alpha value is -1.99. The molecular formula is C18H21ClN4O2S. The van der Waals surface area contributed by atoms with Crippen molar-refractivity contribution in [3.8, 4) is 0 Å². The molecule has 2 aromatic rings. The molecule has 0 spiro atoms. The molecule has 6 nitrogen and oxygen atoms in total. The van der Waals surface area contributed by atoms with Crippen molar-refractivity contribution in [1.82, 2.24) is 10.2 Å². The lowest BCUT2D eigenvalue weighted by atomic mass is 9.98. The van der Waals surface area contributed by atoms with Gasteiger partial charge in [-0.1, -0.05) is 43.7 Å². The number of carbonyl (C=O) groups is 2. The molecule has 0 aliphatic carbocycles. The molecule has 1 aromatic carbocycles. The number of benzene rings is 1. The Morgan fingerprint density at radius 2 is 1.96 bits per heavy atom. The van der Waals surface area contributed by atoms with Gasteiger partial charge in [-0.2, -0.15) is 0 Å². The Labute approximate surface area is 161 Å². The van der Waals surface area contributed by atoms with E-state index in [0.29, 0.717) is 35.1 Å². The number of piperidine rings is 1. The molecule has 1 aromatic heterocycles. The van der Waals surface area contributed by atoms with Crippen molar-refractivity contribution in [1.29, 1.82) is 0 Å². The summed E-state index contributed by atoms with van der Waals surface area (Å²) in [6, 6.07) is 6.38. The van der Waals surface area contributed by atoms with Gasteiger partial charge in [-0.3, -0.25) is 19.8 Å². The maximum atomic E-state index is 12.8. The lowest BCUT2D eigenvalue weighted by Crippen LogP contribution is -2.50. The SMILES string of the molecule is CC(C)(C)c1nnc(NC(=O)[C@@H]2CCCC(=O)N2c2ccc(Cl)cc2)s1. The second kappa shape index (κ2) is 7.32. The minimum atomic E-state index is -0.570. The van der Waals surface area contributed by atoms with E-state index in [1.54, 1.807) is 29.2 Å². The number of hydrogen-bond acceptors (Lipinski definition) is 5. The van der Waals surface area contributed by atoms with Gasteiger partial charge in [0.2, 0.25) is 16.9 Å². The summed E-state index contributed by atoms with van der Waals surface area (Å²) in [5.41, 5.74) is 0.545. The highest BCUT2D eigenvalue weighted by Crippen LogP contribution is 2.30. The molecule has 138 valence electrons. The first kappa shape index (κ1) is 18.8. The van der Waals surface area contributed by atoms with E-state index < -0.39 is 6.04 Å². The van der Waals surface area contributed by atoms with Crippen LogP contribution in [-0.4, -0.2) is 28.1 Å². The monoisotopic (exact) mass is 392 g/mol. The van der Waals surface area contributed by atoms with Gasteiger partial charge in [0.15, 0.2) is 0 Å². The number of hydrogen-bond donors (Lipinski definition) is 1. The van der Waals surface area contributed by atoms with Crippen LogP contribution in [0.1, 0.15) is 45.0 Å². The summed E-state index contributed by atoms with van der Waals surface area (Å²) >= 11 is 7.29. The molecule has 0 radical (unpaired) electrons. The van der Waals surface area contributed by atoms with Crippen molar-refractivity contribution in [3.05, 3.63) is 34.3 Å². The van der Waals surface area contributed by atoms with Crippen LogP contribution in [0.4, 0.5) is 10.8 Å². The normalized spacial score (nSPS) is 18.1. The molecule has 1 atom stereocenters. The molecule has 1 saturated heterocycles. The average molecular weight is 393 g/mol. The second-order valence-electron chi connectivity index (χ2n) is 7.30. The van der Waals surface area contributed by atoms with Crippen LogP contribution >= 0.6 is 22.9 Å². The maximum absolute atomic E-state index is 12.8. The predicted octanol–water partition coefficient (Wildman–Crippen LogP) is 4.01. The number of halogens is 1. The van der Waals surface area contributed by atoms with Gasteiger partial charge in [0, 0.05) is 22.5 Å². The summed E-state index contributed by atoms with van der Waals surface area (Å²) in [7, 11) is 0. The topological polar surface area (TPSA) is 75.2 Å². The first-order valence-electron chi connectivity index (χ1n) is 8.48. The van der Waals surface area contributed by atoms with Gasteiger partial charge in [0.1, 0.15) is 11.0 Å². The molecule has 2 amide bonds. The largest absolute Gasteiger partial charge is 0.300 e. The second-order valence-corrected chi connectivity index (χ2v) is 8.71. The third-order valence-electron chi connectivity index (χ3n) is 4.15. The third-order valence-corrected chi connectivity index (χ3v) is 5.67. The smallest absolute Gasteiger partial charge is 0.249 e. The molecule has 1 fully saturated rings. The summed E-state index contributed by atoms with van der Waals surface area (Å²) in [6.45, 7) is 6.13. The Balaban J connectivity index is 1.80. The highest BCUT2D eigenvalue weighted by atomic mass is 35.5. The van der Waals surface area contributed by atoms with Crippen molar-refractivity contribution in [2.24, 2.45) is 0 Å². The molecule has 2 heterocycles. The van der Waals surface area contributed by atoms with E-state index in [1.165, 1.54) is 11.3 Å². The highest BCUT2D eigenvalue weighted by molar-refractivity contribution is 7.15. The summed E-state index contributed by atoms with van der Waals surface area (Å²) in [4.78, 5) is 26.9. The fourth-order valence-electron chi connectivity index (χ4n) is 2.81. The standard InChI is InChI=1S/C18H21ClN4O2S/c1-18(2,3)16-21-22-17(26-16)20-15(25)13-5-4-6-14(24)23(13)12-9-7-11(19)8-10-12/h7-10,13H,4-6H2,1-3H3,(H,20,22,25)/t13-/m0/s1. The number of nitrogens with one attached hydrogen (secondary N) is 1. The zero-order valence-corrected chi connectivity index (χ0v) is 16.5. The van der Waals surface area contributed by atoms with Crippen LogP contribution in [0.2, 0.25) is 5.02 Å². The summed E-state index contributed by atoms with van der Waals surface area (Å²) in [6.07, 6.45) is 1.72. The number of aromatic nitrogens is 2. The molecule has 26 heavy (non-hydrogen) atoms. The van der Waals surface area contributed by atoms with Crippen LogP contribution in [-0.2, 0) is 15.0 Å². The van der Waals surface area contributed by atoms with E-state index >= 15 is 0 Å². The zero-order valence-electron chi connectivity index (χ0n) is 15.0. The first-order valence-corrected chi connectivity index (χ1v) is 9.67. The summed E-state index contributed by atoms with van der Waals surface area (Å²) in [5.74, 6) is -0.309. The van der Waals surface area contributed by atoms with Gasteiger partial charge in [-0.15, -0.1) is 10.2 Å². The maximum Gasteiger partial charge on any atom is 0.249 e. The fourth-order valence-corrected chi connectivity index (χ4v) is 3.74. The number of anilines is 2. The molecule has 1 N–H and O–H groups in total. The summed E-state index contributed by atoms with van der Waals surface area (Å²) in [5, 5.41) is 12.9. The summed E-state index contributed by atoms with van der Waals surface area (Å²) < 4.78 is 0. The van der Waals surface area contributed by atoms with E-state index in [0.717, 1.165) is 5.01 Å². The highest BCUT2D eigenvalue weighted by Gasteiger charge is 2.35. The Kier molecular flexibility index (Phi) is 5.29. The third kappa shape index (κ3) is 4.04. The minimum absolute atomic E-state index is 0.0635. The Bertz CT molecular complexity index is 813.